The van der Waals surface area contributed by atoms with Crippen molar-refractivity contribution in [3.63, 3.8) is 0 Å². The number of ether oxygens (including phenoxy) is 3. The molecule has 1 heterocycles. The highest BCUT2D eigenvalue weighted by atomic mass is 19.1. The van der Waals surface area contributed by atoms with E-state index in [1.165, 1.54) is 31.0 Å². The molecule has 0 atom stereocenters. The quantitative estimate of drug-likeness (QED) is 0.590. The van der Waals surface area contributed by atoms with Crippen LogP contribution in [0.25, 0.3) is 5.69 Å². The third kappa shape index (κ3) is 4.39. The van der Waals surface area contributed by atoms with Gasteiger partial charge in [-0.05, 0) is 36.4 Å². The monoisotopic (exact) mass is 398 g/mol. The van der Waals surface area contributed by atoms with Crippen molar-refractivity contribution in [3.8, 4) is 23.1 Å². The van der Waals surface area contributed by atoms with Crippen molar-refractivity contribution in [2.45, 2.75) is 26.2 Å². The topological polar surface area (TPSA) is 62.6 Å². The summed E-state index contributed by atoms with van der Waals surface area (Å²) in [6, 6.07) is 12.3. The summed E-state index contributed by atoms with van der Waals surface area (Å²) in [5, 5.41) is 4.56. The molecule has 152 valence electrons. The maximum Gasteiger partial charge on any atom is 0.348 e. The highest BCUT2D eigenvalue weighted by Crippen LogP contribution is 2.30. The molecule has 2 aromatic carbocycles. The Morgan fingerprint density at radius 1 is 1.00 bits per heavy atom. The number of carbonyl (C=O) groups is 1. The number of aromatic nitrogens is 2. The van der Waals surface area contributed by atoms with Crippen LogP contribution in [0, 0.1) is 5.82 Å². The molecule has 6 nitrogen and oxygen atoms in total. The van der Waals surface area contributed by atoms with E-state index in [-0.39, 0.29) is 22.7 Å². The van der Waals surface area contributed by atoms with Crippen LogP contribution in [-0.2, 0) is 5.41 Å². The Balaban J connectivity index is 2.01. The minimum atomic E-state index is -0.603. The van der Waals surface area contributed by atoms with Gasteiger partial charge in [-0.25, -0.2) is 13.9 Å². The Morgan fingerprint density at radius 2 is 1.69 bits per heavy atom. The molecule has 0 fully saturated rings. The fourth-order valence-corrected chi connectivity index (χ4v) is 2.69. The number of methoxy groups -OCH3 is 2. The number of rotatable bonds is 5. The van der Waals surface area contributed by atoms with E-state index in [1.54, 1.807) is 36.4 Å². The van der Waals surface area contributed by atoms with Gasteiger partial charge >= 0.3 is 5.97 Å². The summed E-state index contributed by atoms with van der Waals surface area (Å²) in [6.45, 7) is 6.01. The van der Waals surface area contributed by atoms with E-state index in [9.17, 15) is 9.18 Å². The van der Waals surface area contributed by atoms with E-state index < -0.39 is 5.97 Å². The number of nitrogens with zero attached hydrogens (tertiary/aromatic N) is 2. The van der Waals surface area contributed by atoms with E-state index in [0.29, 0.717) is 17.2 Å². The second kappa shape index (κ2) is 7.95. The molecule has 29 heavy (non-hydrogen) atoms. The molecule has 0 bridgehead atoms. The van der Waals surface area contributed by atoms with Crippen LogP contribution >= 0.6 is 0 Å². The Bertz CT molecular complexity index is 1020. The van der Waals surface area contributed by atoms with Crippen molar-refractivity contribution in [1.29, 1.82) is 0 Å². The first kappa shape index (κ1) is 20.4. The predicted molar refractivity (Wildman–Crippen MR) is 107 cm³/mol. The highest BCUT2D eigenvalue weighted by Gasteiger charge is 2.24. The smallest absolute Gasteiger partial charge is 0.348 e. The molecule has 0 aliphatic rings. The second-order valence-corrected chi connectivity index (χ2v) is 7.46. The van der Waals surface area contributed by atoms with Gasteiger partial charge in [-0.1, -0.05) is 20.8 Å². The van der Waals surface area contributed by atoms with Gasteiger partial charge in [-0.2, -0.15) is 5.10 Å². The first-order chi connectivity index (χ1) is 13.7. The molecular formula is C22H23FN2O4. The van der Waals surface area contributed by atoms with Crippen molar-refractivity contribution < 1.29 is 23.4 Å². The average molecular weight is 398 g/mol. The Labute approximate surface area is 168 Å². The summed E-state index contributed by atoms with van der Waals surface area (Å²) < 4.78 is 30.9. The lowest BCUT2D eigenvalue weighted by Gasteiger charge is -2.13. The zero-order chi connectivity index (χ0) is 21.2. The van der Waals surface area contributed by atoms with Crippen LogP contribution in [-0.4, -0.2) is 30.0 Å². The zero-order valence-corrected chi connectivity index (χ0v) is 17.0. The van der Waals surface area contributed by atoms with Gasteiger partial charge in [0.1, 0.15) is 22.9 Å². The number of benzene rings is 2. The van der Waals surface area contributed by atoms with E-state index in [4.69, 9.17) is 14.2 Å². The zero-order valence-electron chi connectivity index (χ0n) is 17.0. The second-order valence-electron chi connectivity index (χ2n) is 7.46. The fraction of sp³-hybridized carbons (Fsp3) is 0.273. The fourth-order valence-electron chi connectivity index (χ4n) is 2.69. The molecule has 0 spiro atoms. The minimum absolute atomic E-state index is 0.226. The van der Waals surface area contributed by atoms with Gasteiger partial charge in [0.15, 0.2) is 0 Å². The van der Waals surface area contributed by atoms with Crippen LogP contribution in [0.1, 0.15) is 36.8 Å². The molecule has 0 saturated carbocycles. The third-order valence-corrected chi connectivity index (χ3v) is 4.34. The first-order valence-corrected chi connectivity index (χ1v) is 9.03. The Morgan fingerprint density at radius 3 is 2.28 bits per heavy atom. The van der Waals surface area contributed by atoms with Crippen molar-refractivity contribution in [1.82, 2.24) is 9.78 Å². The van der Waals surface area contributed by atoms with Crippen molar-refractivity contribution in [3.05, 3.63) is 65.6 Å². The molecule has 1 aromatic heterocycles. The molecule has 3 aromatic rings. The van der Waals surface area contributed by atoms with E-state index in [2.05, 4.69) is 5.10 Å². The lowest BCUT2D eigenvalue weighted by molar-refractivity contribution is 0.0719. The maximum absolute atomic E-state index is 13.3. The molecule has 0 amide bonds. The number of hydrogen-bond donors (Lipinski definition) is 0. The Hall–Kier alpha value is -3.35. The number of hydrogen-bond acceptors (Lipinski definition) is 5. The predicted octanol–water partition coefficient (Wildman–Crippen LogP) is 4.55. The highest BCUT2D eigenvalue weighted by molar-refractivity contribution is 5.94. The van der Waals surface area contributed by atoms with Crippen molar-refractivity contribution in [2.24, 2.45) is 0 Å². The van der Waals surface area contributed by atoms with Gasteiger partial charge in [-0.15, -0.1) is 0 Å². The molecule has 0 N–H and O–H groups in total. The van der Waals surface area contributed by atoms with Gasteiger partial charge in [0.2, 0.25) is 5.88 Å². The summed E-state index contributed by atoms with van der Waals surface area (Å²) >= 11 is 0. The summed E-state index contributed by atoms with van der Waals surface area (Å²) in [5.74, 6) is 0.152. The largest absolute Gasteiger partial charge is 0.497 e. The normalized spacial score (nSPS) is 11.2. The van der Waals surface area contributed by atoms with Crippen LogP contribution in [0.15, 0.2) is 48.5 Å². The summed E-state index contributed by atoms with van der Waals surface area (Å²) in [4.78, 5) is 12.8. The maximum atomic E-state index is 13.3. The molecule has 7 heteroatoms. The van der Waals surface area contributed by atoms with E-state index in [0.717, 1.165) is 5.69 Å². The molecule has 0 aliphatic heterocycles. The summed E-state index contributed by atoms with van der Waals surface area (Å²) in [7, 11) is 2.99. The Kier molecular flexibility index (Phi) is 5.59. The standard InChI is InChI=1S/C22H23FN2O4/c1-22(2,3)19-13-20(25(24-19)15-8-6-14(23)7-9-15)29-21(26)17-11-10-16(27-4)12-18(17)28-5/h6-13H,1-5H3. The lowest BCUT2D eigenvalue weighted by atomic mass is 9.93. The van der Waals surface area contributed by atoms with E-state index >= 15 is 0 Å². The molecule has 0 unspecified atom stereocenters. The van der Waals surface area contributed by atoms with Gasteiger partial charge < -0.3 is 14.2 Å². The van der Waals surface area contributed by atoms with Gasteiger partial charge in [0, 0.05) is 17.5 Å². The molecule has 0 aliphatic carbocycles. The van der Waals surface area contributed by atoms with Gasteiger partial charge in [0.25, 0.3) is 0 Å². The minimum Gasteiger partial charge on any atom is -0.497 e. The average Bonchev–Trinajstić information content (AvgIpc) is 3.12. The van der Waals surface area contributed by atoms with Crippen molar-refractivity contribution in [2.75, 3.05) is 14.2 Å². The van der Waals surface area contributed by atoms with Crippen LogP contribution in [0.3, 0.4) is 0 Å². The van der Waals surface area contributed by atoms with Gasteiger partial charge in [0.05, 0.1) is 25.6 Å². The number of carbonyl (C=O) groups excluding carboxylic acids is 1. The van der Waals surface area contributed by atoms with Crippen LogP contribution in [0.4, 0.5) is 4.39 Å². The SMILES string of the molecule is COc1ccc(C(=O)Oc2cc(C(C)(C)C)nn2-c2ccc(F)cc2)c(OC)c1. The van der Waals surface area contributed by atoms with E-state index in [1.807, 2.05) is 20.8 Å². The molecule has 0 saturated heterocycles. The van der Waals surface area contributed by atoms with Gasteiger partial charge in [-0.3, -0.25) is 0 Å². The molecular weight excluding hydrogens is 375 g/mol. The summed E-state index contributed by atoms with van der Waals surface area (Å²) in [5.41, 5.74) is 1.28. The third-order valence-electron chi connectivity index (χ3n) is 4.34. The molecule has 0 radical (unpaired) electrons. The summed E-state index contributed by atoms with van der Waals surface area (Å²) in [6.07, 6.45) is 0. The number of halogens is 1. The van der Waals surface area contributed by atoms with Crippen LogP contribution in [0.2, 0.25) is 0 Å². The molecule has 3 rings (SSSR count). The number of esters is 1. The first-order valence-electron chi connectivity index (χ1n) is 9.03. The van der Waals surface area contributed by atoms with Crippen LogP contribution in [0.5, 0.6) is 17.4 Å². The van der Waals surface area contributed by atoms with Crippen molar-refractivity contribution >= 4 is 5.97 Å². The van der Waals surface area contributed by atoms with Crippen LogP contribution < -0.4 is 14.2 Å². The lowest BCUT2D eigenvalue weighted by Crippen LogP contribution is -2.13.